The van der Waals surface area contributed by atoms with Crippen LogP contribution in [-0.2, 0) is 0 Å². The zero-order valence-electron chi connectivity index (χ0n) is 10.7. The van der Waals surface area contributed by atoms with Crippen LogP contribution in [0.15, 0.2) is 12.7 Å². The van der Waals surface area contributed by atoms with Crippen LogP contribution in [0.2, 0.25) is 0 Å². The first-order valence-electron chi connectivity index (χ1n) is 6.27. The van der Waals surface area contributed by atoms with Crippen molar-refractivity contribution in [2.45, 2.75) is 32.7 Å². The average Bonchev–Trinajstić information content (AvgIpc) is 2.22. The Balaban J connectivity index is 2.50. The molecule has 0 radical (unpaired) electrons. The number of aliphatic hydroxyl groups is 1. The second-order valence-corrected chi connectivity index (χ2v) is 5.37. The smallest absolute Gasteiger partial charge is 0.0558 e. The van der Waals surface area contributed by atoms with Gasteiger partial charge in [0.05, 0.1) is 6.61 Å². The van der Waals surface area contributed by atoms with Crippen LogP contribution in [0.5, 0.6) is 0 Å². The van der Waals surface area contributed by atoms with Gasteiger partial charge in [0, 0.05) is 25.7 Å². The first-order valence-corrected chi connectivity index (χ1v) is 6.27. The van der Waals surface area contributed by atoms with E-state index in [1.54, 1.807) is 0 Å². The third-order valence-electron chi connectivity index (χ3n) is 3.58. The molecule has 3 nitrogen and oxygen atoms in total. The van der Waals surface area contributed by atoms with E-state index in [1.807, 2.05) is 6.08 Å². The minimum Gasteiger partial charge on any atom is -0.395 e. The van der Waals surface area contributed by atoms with Gasteiger partial charge in [-0.25, -0.2) is 0 Å². The molecule has 1 fully saturated rings. The molecule has 0 bridgehead atoms. The van der Waals surface area contributed by atoms with Gasteiger partial charge in [0.2, 0.25) is 0 Å². The molecule has 1 heterocycles. The highest BCUT2D eigenvalue weighted by molar-refractivity contribution is 4.91. The van der Waals surface area contributed by atoms with Gasteiger partial charge in [0.15, 0.2) is 0 Å². The second-order valence-electron chi connectivity index (χ2n) is 5.37. The van der Waals surface area contributed by atoms with Crippen LogP contribution in [0, 0.1) is 5.41 Å². The van der Waals surface area contributed by atoms with Crippen LogP contribution in [0.1, 0.15) is 26.7 Å². The predicted molar refractivity (Wildman–Crippen MR) is 68.5 cm³/mol. The lowest BCUT2D eigenvalue weighted by Crippen LogP contribution is -2.53. The molecule has 0 aromatic rings. The van der Waals surface area contributed by atoms with Crippen LogP contribution in [-0.4, -0.2) is 48.8 Å². The highest BCUT2D eigenvalue weighted by atomic mass is 16.3. The molecule has 94 valence electrons. The van der Waals surface area contributed by atoms with Crippen molar-refractivity contribution in [2.24, 2.45) is 5.41 Å². The lowest BCUT2D eigenvalue weighted by molar-refractivity contribution is 0.119. The fraction of sp³-hybridized carbons (Fsp3) is 0.846. The molecule has 0 spiro atoms. The summed E-state index contributed by atoms with van der Waals surface area (Å²) in [4.78, 5) is 2.26. The lowest BCUT2D eigenvalue weighted by Gasteiger charge is -2.41. The van der Waals surface area contributed by atoms with Crippen molar-refractivity contribution in [3.05, 3.63) is 12.7 Å². The predicted octanol–water partition coefficient (Wildman–Crippen LogP) is 1.24. The SMILES string of the molecule is C=CCN(CCO)CC1NCCCC1(C)C. The molecule has 0 saturated carbocycles. The monoisotopic (exact) mass is 226 g/mol. The molecule has 1 aliphatic heterocycles. The maximum Gasteiger partial charge on any atom is 0.0558 e. The van der Waals surface area contributed by atoms with Crippen LogP contribution >= 0.6 is 0 Å². The van der Waals surface area contributed by atoms with Gasteiger partial charge in [0.25, 0.3) is 0 Å². The summed E-state index contributed by atoms with van der Waals surface area (Å²) in [6.45, 7) is 12.4. The molecule has 0 aromatic carbocycles. The van der Waals surface area contributed by atoms with Crippen molar-refractivity contribution in [1.29, 1.82) is 0 Å². The number of piperidine rings is 1. The van der Waals surface area contributed by atoms with Crippen LogP contribution in [0.3, 0.4) is 0 Å². The third kappa shape index (κ3) is 3.89. The lowest BCUT2D eigenvalue weighted by atomic mass is 9.77. The van der Waals surface area contributed by atoms with Gasteiger partial charge in [-0.2, -0.15) is 0 Å². The maximum absolute atomic E-state index is 9.03. The topological polar surface area (TPSA) is 35.5 Å². The van der Waals surface area contributed by atoms with Crippen molar-refractivity contribution in [3.63, 3.8) is 0 Å². The van der Waals surface area contributed by atoms with Crippen molar-refractivity contribution in [1.82, 2.24) is 10.2 Å². The van der Waals surface area contributed by atoms with Crippen molar-refractivity contribution in [2.75, 3.05) is 32.8 Å². The van der Waals surface area contributed by atoms with E-state index in [1.165, 1.54) is 12.8 Å². The fourth-order valence-corrected chi connectivity index (χ4v) is 2.42. The van der Waals surface area contributed by atoms with Crippen molar-refractivity contribution >= 4 is 0 Å². The molecule has 16 heavy (non-hydrogen) atoms. The first-order chi connectivity index (χ1) is 7.60. The number of hydrogen-bond acceptors (Lipinski definition) is 3. The summed E-state index contributed by atoms with van der Waals surface area (Å²) >= 11 is 0. The molecule has 1 saturated heterocycles. The molecule has 1 aliphatic rings. The zero-order chi connectivity index (χ0) is 12.0. The quantitative estimate of drug-likeness (QED) is 0.669. The summed E-state index contributed by atoms with van der Waals surface area (Å²) in [5, 5.41) is 12.6. The number of nitrogens with zero attached hydrogens (tertiary/aromatic N) is 1. The van der Waals surface area contributed by atoms with E-state index in [2.05, 4.69) is 30.6 Å². The largest absolute Gasteiger partial charge is 0.395 e. The molecule has 3 heteroatoms. The van der Waals surface area contributed by atoms with Gasteiger partial charge in [-0.15, -0.1) is 6.58 Å². The summed E-state index contributed by atoms with van der Waals surface area (Å²) in [6.07, 6.45) is 4.46. The fourth-order valence-electron chi connectivity index (χ4n) is 2.42. The second kappa shape index (κ2) is 6.38. The van der Waals surface area contributed by atoms with Crippen molar-refractivity contribution in [3.8, 4) is 0 Å². The van der Waals surface area contributed by atoms with Gasteiger partial charge in [-0.1, -0.05) is 19.9 Å². The summed E-state index contributed by atoms with van der Waals surface area (Å²) in [7, 11) is 0. The molecule has 2 N–H and O–H groups in total. The Hall–Kier alpha value is -0.380. The standard InChI is InChI=1S/C13H26N2O/c1-4-8-15(9-10-16)11-12-13(2,3)6-5-7-14-12/h4,12,14,16H,1,5-11H2,2-3H3. The number of nitrogens with one attached hydrogen (secondary N) is 1. The summed E-state index contributed by atoms with van der Waals surface area (Å²) in [6, 6.07) is 0.521. The van der Waals surface area contributed by atoms with Crippen LogP contribution in [0.4, 0.5) is 0 Å². The van der Waals surface area contributed by atoms with E-state index in [4.69, 9.17) is 5.11 Å². The average molecular weight is 226 g/mol. The molecule has 0 aromatic heterocycles. The summed E-state index contributed by atoms with van der Waals surface area (Å²) in [5.74, 6) is 0. The summed E-state index contributed by atoms with van der Waals surface area (Å²) < 4.78 is 0. The van der Waals surface area contributed by atoms with E-state index in [0.717, 1.165) is 26.2 Å². The minimum atomic E-state index is 0.223. The van der Waals surface area contributed by atoms with E-state index in [9.17, 15) is 0 Å². The van der Waals surface area contributed by atoms with Gasteiger partial charge < -0.3 is 10.4 Å². The normalized spacial score (nSPS) is 24.6. The Kier molecular flexibility index (Phi) is 5.46. The van der Waals surface area contributed by atoms with Gasteiger partial charge in [-0.3, -0.25) is 4.90 Å². The zero-order valence-corrected chi connectivity index (χ0v) is 10.7. The number of hydrogen-bond donors (Lipinski definition) is 2. The van der Waals surface area contributed by atoms with E-state index < -0.39 is 0 Å². The third-order valence-corrected chi connectivity index (χ3v) is 3.58. The molecule has 1 unspecified atom stereocenters. The van der Waals surface area contributed by atoms with Gasteiger partial charge in [-0.05, 0) is 24.8 Å². The van der Waals surface area contributed by atoms with E-state index in [0.29, 0.717) is 11.5 Å². The van der Waals surface area contributed by atoms with Crippen LogP contribution in [0.25, 0.3) is 0 Å². The van der Waals surface area contributed by atoms with Gasteiger partial charge in [0.1, 0.15) is 0 Å². The molecule has 0 amide bonds. The number of aliphatic hydroxyl groups excluding tert-OH is 1. The first kappa shape index (κ1) is 13.7. The Morgan fingerprint density at radius 2 is 2.31 bits per heavy atom. The molecule has 0 aliphatic carbocycles. The van der Waals surface area contributed by atoms with E-state index in [-0.39, 0.29) is 6.61 Å². The highest BCUT2D eigenvalue weighted by Crippen LogP contribution is 2.30. The Labute approximate surface area is 99.5 Å². The van der Waals surface area contributed by atoms with Crippen LogP contribution < -0.4 is 5.32 Å². The Morgan fingerprint density at radius 1 is 1.56 bits per heavy atom. The van der Waals surface area contributed by atoms with E-state index >= 15 is 0 Å². The summed E-state index contributed by atoms with van der Waals surface area (Å²) in [5.41, 5.74) is 0.354. The maximum atomic E-state index is 9.03. The molecular weight excluding hydrogens is 200 g/mol. The van der Waals surface area contributed by atoms with Gasteiger partial charge >= 0.3 is 0 Å². The van der Waals surface area contributed by atoms with Crippen molar-refractivity contribution < 1.29 is 5.11 Å². The molecular formula is C13H26N2O. The molecule has 1 atom stereocenters. The minimum absolute atomic E-state index is 0.223. The highest BCUT2D eigenvalue weighted by Gasteiger charge is 2.32. The molecule has 1 rings (SSSR count). The number of rotatable bonds is 6. The Bertz CT molecular complexity index is 216. The Morgan fingerprint density at radius 3 is 2.88 bits per heavy atom.